The zero-order valence-electron chi connectivity index (χ0n) is 8.49. The van der Waals surface area contributed by atoms with Crippen LogP contribution >= 0.6 is 23.4 Å². The summed E-state index contributed by atoms with van der Waals surface area (Å²) in [5, 5.41) is 0.686. The molecule has 0 bridgehead atoms. The van der Waals surface area contributed by atoms with Crippen molar-refractivity contribution in [1.82, 2.24) is 0 Å². The summed E-state index contributed by atoms with van der Waals surface area (Å²) in [5.41, 5.74) is 0. The minimum atomic E-state index is -0.345. The van der Waals surface area contributed by atoms with Crippen LogP contribution in [0, 0.1) is 0 Å². The van der Waals surface area contributed by atoms with Crippen LogP contribution in [-0.4, -0.2) is 13.1 Å². The molecule has 0 aliphatic carbocycles. The molecule has 1 rings (SSSR count). The van der Waals surface area contributed by atoms with Gasteiger partial charge in [0.15, 0.2) is 0 Å². The van der Waals surface area contributed by atoms with E-state index in [1.54, 1.807) is 0 Å². The first-order valence-electron chi connectivity index (χ1n) is 4.31. The second kappa shape index (κ2) is 5.83. The molecule has 15 heavy (non-hydrogen) atoms. The summed E-state index contributed by atoms with van der Waals surface area (Å²) in [6, 6.07) is 7.47. The molecule has 0 aromatic heterocycles. The highest BCUT2D eigenvalue weighted by Crippen LogP contribution is 2.27. The predicted octanol–water partition coefficient (Wildman–Crippen LogP) is 3.51. The number of carbonyl (C=O) groups excluding carboxylic acids is 1. The Morgan fingerprint density at radius 1 is 1.53 bits per heavy atom. The van der Waals surface area contributed by atoms with E-state index >= 15 is 0 Å². The average Bonchev–Trinajstić information content (AvgIpc) is 2.17. The average molecular weight is 243 g/mol. The summed E-state index contributed by atoms with van der Waals surface area (Å²) in [4.78, 5) is 12.8. The van der Waals surface area contributed by atoms with Crippen LogP contribution in [0.1, 0.15) is 6.92 Å². The van der Waals surface area contributed by atoms with Gasteiger partial charge < -0.3 is 4.74 Å². The van der Waals surface area contributed by atoms with Gasteiger partial charge in [0.05, 0.1) is 7.11 Å². The number of hydrogen-bond donors (Lipinski definition) is 0. The van der Waals surface area contributed by atoms with Gasteiger partial charge in [0.25, 0.3) is 0 Å². The SMILES string of the molecule is COC(=O)C=C(C)Sc1cccc(Cl)c1. The first kappa shape index (κ1) is 12.1. The molecule has 4 heteroatoms. The first-order valence-corrected chi connectivity index (χ1v) is 5.51. The molecular weight excluding hydrogens is 232 g/mol. The van der Waals surface area contributed by atoms with E-state index < -0.39 is 0 Å². The fourth-order valence-corrected chi connectivity index (χ4v) is 2.09. The maximum Gasteiger partial charge on any atom is 0.331 e. The van der Waals surface area contributed by atoms with Crippen molar-refractivity contribution in [1.29, 1.82) is 0 Å². The molecular formula is C11H11ClO2S. The summed E-state index contributed by atoms with van der Waals surface area (Å²) in [6.07, 6.45) is 1.45. The summed E-state index contributed by atoms with van der Waals surface area (Å²) >= 11 is 7.31. The van der Waals surface area contributed by atoms with Gasteiger partial charge in [0.2, 0.25) is 0 Å². The van der Waals surface area contributed by atoms with Gasteiger partial charge in [-0.05, 0) is 30.0 Å². The fourth-order valence-electron chi connectivity index (χ4n) is 0.971. The lowest BCUT2D eigenvalue weighted by Gasteiger charge is -2.01. The molecule has 0 spiro atoms. The monoisotopic (exact) mass is 242 g/mol. The van der Waals surface area contributed by atoms with Crippen LogP contribution in [0.2, 0.25) is 5.02 Å². The summed E-state index contributed by atoms with van der Waals surface area (Å²) in [7, 11) is 1.36. The van der Waals surface area contributed by atoms with E-state index in [-0.39, 0.29) is 5.97 Å². The third-order valence-corrected chi connectivity index (χ3v) is 2.76. The summed E-state index contributed by atoms with van der Waals surface area (Å²) in [5.74, 6) is -0.345. The molecule has 0 aliphatic heterocycles. The highest BCUT2D eigenvalue weighted by molar-refractivity contribution is 8.03. The van der Waals surface area contributed by atoms with Crippen LogP contribution in [0.25, 0.3) is 0 Å². The van der Waals surface area contributed by atoms with E-state index in [1.807, 2.05) is 31.2 Å². The molecule has 0 saturated heterocycles. The van der Waals surface area contributed by atoms with E-state index in [0.29, 0.717) is 5.02 Å². The van der Waals surface area contributed by atoms with E-state index in [2.05, 4.69) is 4.74 Å². The molecule has 0 fully saturated rings. The minimum Gasteiger partial charge on any atom is -0.466 e. The van der Waals surface area contributed by atoms with Crippen LogP contribution in [0.3, 0.4) is 0 Å². The van der Waals surface area contributed by atoms with E-state index in [4.69, 9.17) is 11.6 Å². The Hall–Kier alpha value is -0.930. The normalized spacial score (nSPS) is 11.3. The Labute approximate surface area is 98.3 Å². The van der Waals surface area contributed by atoms with Gasteiger partial charge in [-0.1, -0.05) is 29.4 Å². The zero-order valence-corrected chi connectivity index (χ0v) is 10.1. The van der Waals surface area contributed by atoms with Crippen molar-refractivity contribution in [2.75, 3.05) is 7.11 Å². The number of ether oxygens (including phenoxy) is 1. The molecule has 1 aromatic carbocycles. The first-order chi connectivity index (χ1) is 7.11. The second-order valence-electron chi connectivity index (χ2n) is 2.84. The van der Waals surface area contributed by atoms with Crippen molar-refractivity contribution in [3.05, 3.63) is 40.3 Å². The third kappa shape index (κ3) is 4.40. The number of benzene rings is 1. The largest absolute Gasteiger partial charge is 0.466 e. The molecule has 0 amide bonds. The molecule has 0 heterocycles. The number of methoxy groups -OCH3 is 1. The lowest BCUT2D eigenvalue weighted by atomic mass is 10.4. The lowest BCUT2D eigenvalue weighted by Crippen LogP contribution is -1.94. The van der Waals surface area contributed by atoms with Crippen molar-refractivity contribution in [2.45, 2.75) is 11.8 Å². The quantitative estimate of drug-likeness (QED) is 0.461. The molecule has 2 nitrogen and oxygen atoms in total. The molecule has 1 aromatic rings. The number of hydrogen-bond acceptors (Lipinski definition) is 3. The van der Waals surface area contributed by atoms with Crippen molar-refractivity contribution >= 4 is 29.3 Å². The van der Waals surface area contributed by atoms with Crippen LogP contribution in [-0.2, 0) is 9.53 Å². The molecule has 0 N–H and O–H groups in total. The number of allylic oxidation sites excluding steroid dienone is 1. The highest BCUT2D eigenvalue weighted by Gasteiger charge is 2.00. The Balaban J connectivity index is 2.70. The van der Waals surface area contributed by atoms with Gasteiger partial charge in [-0.2, -0.15) is 0 Å². The van der Waals surface area contributed by atoms with Gasteiger partial charge in [0.1, 0.15) is 0 Å². The lowest BCUT2D eigenvalue weighted by molar-refractivity contribution is -0.134. The van der Waals surface area contributed by atoms with Crippen molar-refractivity contribution < 1.29 is 9.53 Å². The number of carbonyl (C=O) groups is 1. The highest BCUT2D eigenvalue weighted by atomic mass is 35.5. The number of halogens is 1. The van der Waals surface area contributed by atoms with E-state index in [0.717, 1.165) is 9.80 Å². The summed E-state index contributed by atoms with van der Waals surface area (Å²) < 4.78 is 4.53. The molecule has 0 unspecified atom stereocenters. The van der Waals surface area contributed by atoms with Crippen molar-refractivity contribution in [3.63, 3.8) is 0 Å². The van der Waals surface area contributed by atoms with Gasteiger partial charge in [0, 0.05) is 16.0 Å². The number of esters is 1. The van der Waals surface area contributed by atoms with Gasteiger partial charge in [-0.25, -0.2) is 4.79 Å². The van der Waals surface area contributed by atoms with Crippen LogP contribution < -0.4 is 0 Å². The molecule has 0 saturated carbocycles. The van der Waals surface area contributed by atoms with Crippen LogP contribution in [0.15, 0.2) is 40.1 Å². The Morgan fingerprint density at radius 3 is 2.87 bits per heavy atom. The second-order valence-corrected chi connectivity index (χ2v) is 4.59. The fraction of sp³-hybridized carbons (Fsp3) is 0.182. The zero-order chi connectivity index (χ0) is 11.3. The molecule has 0 radical (unpaired) electrons. The number of rotatable bonds is 3. The van der Waals surface area contributed by atoms with Crippen LogP contribution in [0.5, 0.6) is 0 Å². The van der Waals surface area contributed by atoms with Gasteiger partial charge in [-0.3, -0.25) is 0 Å². The van der Waals surface area contributed by atoms with E-state index in [1.165, 1.54) is 24.9 Å². The Morgan fingerprint density at radius 2 is 2.27 bits per heavy atom. The predicted molar refractivity (Wildman–Crippen MR) is 63.1 cm³/mol. The maximum absolute atomic E-state index is 10.9. The molecule has 0 aliphatic rings. The standard InChI is InChI=1S/C11H11ClO2S/c1-8(6-11(13)14-2)15-10-5-3-4-9(12)7-10/h3-7H,1-2H3. The number of thioether (sulfide) groups is 1. The smallest absolute Gasteiger partial charge is 0.331 e. The maximum atomic E-state index is 10.9. The van der Waals surface area contributed by atoms with Gasteiger partial charge in [-0.15, -0.1) is 0 Å². The Bertz CT molecular complexity index is 388. The van der Waals surface area contributed by atoms with Crippen molar-refractivity contribution in [3.8, 4) is 0 Å². The van der Waals surface area contributed by atoms with Gasteiger partial charge >= 0.3 is 5.97 Å². The van der Waals surface area contributed by atoms with Crippen molar-refractivity contribution in [2.24, 2.45) is 0 Å². The topological polar surface area (TPSA) is 26.3 Å². The molecule has 0 atom stereocenters. The minimum absolute atomic E-state index is 0.345. The Kier molecular flexibility index (Phi) is 4.72. The van der Waals surface area contributed by atoms with E-state index in [9.17, 15) is 4.79 Å². The summed E-state index contributed by atoms with van der Waals surface area (Å²) in [6.45, 7) is 1.85. The molecule has 80 valence electrons. The van der Waals surface area contributed by atoms with Crippen LogP contribution in [0.4, 0.5) is 0 Å². The third-order valence-electron chi connectivity index (χ3n) is 1.60.